The minimum Gasteiger partial charge on any atom is -0.481 e. The van der Waals surface area contributed by atoms with E-state index in [1.165, 1.54) is 46.4 Å². The average molecular weight is 949 g/mol. The first kappa shape index (κ1) is 59.4. The molecule has 0 aliphatic heterocycles. The first-order valence-electron chi connectivity index (χ1n) is 20.9. The van der Waals surface area contributed by atoms with Crippen LogP contribution in [0.4, 0.5) is 0 Å². The maximum absolute atomic E-state index is 13.7. The molecule has 26 heteroatoms. The topological polar surface area (TPSA) is 417 Å². The Morgan fingerprint density at radius 3 is 1.43 bits per heavy atom. The normalized spacial score (nSPS) is 15.8. The lowest BCUT2D eigenvalue weighted by Gasteiger charge is -2.29. The Hall–Kier alpha value is -5.60. The molecule has 0 heterocycles. The predicted octanol–water partition coefficient (Wildman–Crippen LogP) is -4.72. The molecule has 0 aliphatic carbocycles. The number of amides is 9. The summed E-state index contributed by atoms with van der Waals surface area (Å²) in [7, 11) is 0. The van der Waals surface area contributed by atoms with Gasteiger partial charge in [-0.1, -0.05) is 27.7 Å². The van der Waals surface area contributed by atoms with Crippen LogP contribution in [0.5, 0.6) is 0 Å². The second kappa shape index (κ2) is 29.8. The van der Waals surface area contributed by atoms with E-state index in [4.69, 9.17) is 16.6 Å². The SMILES string of the molecule is CSCCC(NC(=O)C(C)NC(=O)C(CCC(=O)O)NC(=O)C(C)N)C(=O)NC(CO)C(=O)NC(CCC(N)=O)C(=O)NC(C(=O)NC(C(=O)NC(CC(C)C)C(=O)O)C(C)O)C(C)C. The van der Waals surface area contributed by atoms with E-state index in [0.29, 0.717) is 5.75 Å². The van der Waals surface area contributed by atoms with Gasteiger partial charge in [0.25, 0.3) is 0 Å². The third kappa shape index (κ3) is 22.7. The minimum absolute atomic E-state index is 0.0250. The van der Waals surface area contributed by atoms with Crippen molar-refractivity contribution < 1.29 is 73.2 Å². The van der Waals surface area contributed by atoms with Gasteiger partial charge in [-0.15, -0.1) is 0 Å². The lowest BCUT2D eigenvalue weighted by atomic mass is 10.00. The van der Waals surface area contributed by atoms with Crippen LogP contribution in [0.2, 0.25) is 0 Å². The molecule has 0 aromatic heterocycles. The molecule has 0 saturated heterocycles. The van der Waals surface area contributed by atoms with Crippen LogP contribution in [0.15, 0.2) is 0 Å². The molecular formula is C39H68N10O15S. The van der Waals surface area contributed by atoms with Crippen LogP contribution >= 0.6 is 11.8 Å². The predicted molar refractivity (Wildman–Crippen MR) is 234 cm³/mol. The monoisotopic (exact) mass is 948 g/mol. The number of carbonyl (C=O) groups excluding carboxylic acids is 9. The van der Waals surface area contributed by atoms with Gasteiger partial charge in [-0.05, 0) is 70.3 Å². The molecule has 0 spiro atoms. The summed E-state index contributed by atoms with van der Waals surface area (Å²) in [6.07, 6.45) is -1.55. The van der Waals surface area contributed by atoms with Gasteiger partial charge in [0.1, 0.15) is 48.3 Å². The van der Waals surface area contributed by atoms with Gasteiger partial charge in [0.05, 0.1) is 18.8 Å². The fourth-order valence-electron chi connectivity index (χ4n) is 5.71. The van der Waals surface area contributed by atoms with E-state index in [-0.39, 0.29) is 25.2 Å². The zero-order chi connectivity index (χ0) is 50.3. The first-order valence-corrected chi connectivity index (χ1v) is 22.3. The maximum atomic E-state index is 13.7. The summed E-state index contributed by atoms with van der Waals surface area (Å²) in [4.78, 5) is 140. The maximum Gasteiger partial charge on any atom is 0.326 e. The number of nitrogens with two attached hydrogens (primary N) is 2. The zero-order valence-electron chi connectivity index (χ0n) is 37.9. The molecule has 10 atom stereocenters. The van der Waals surface area contributed by atoms with Crippen LogP contribution < -0.4 is 54.0 Å². The van der Waals surface area contributed by atoms with Crippen LogP contribution in [0.1, 0.15) is 87.0 Å². The van der Waals surface area contributed by atoms with E-state index in [1.54, 1.807) is 20.1 Å². The molecule has 25 nitrogen and oxygen atoms in total. The number of carboxylic acid groups (broad SMARTS) is 2. The van der Waals surface area contributed by atoms with E-state index in [0.717, 1.165) is 0 Å². The lowest BCUT2D eigenvalue weighted by Crippen LogP contribution is -2.62. The van der Waals surface area contributed by atoms with Crippen LogP contribution in [-0.4, -0.2) is 165 Å². The fraction of sp³-hybridized carbons (Fsp3) is 0.718. The standard InChI is InChI=1S/C39H68N10O15S/c1-17(2)15-25(39(63)64)46-38(62)30(21(7)51)49-37(61)29(18(3)4)48-35(59)22(9-11-27(41)52)45-36(60)26(16-50)47-34(58)24(13-14-65-8)44-32(56)20(6)42-33(57)23(10-12-28(53)54)43-31(55)19(5)40/h17-26,29-30,50-51H,9-16,40H2,1-8H3,(H2,41,52)(H,42,57)(H,43,55)(H,44,56)(H,45,60)(H,46,62)(H,47,58)(H,48,59)(H,49,61)(H,53,54)(H,63,64). The summed E-state index contributed by atoms with van der Waals surface area (Å²) in [5.41, 5.74) is 10.8. The number of aliphatic hydroxyl groups is 2. The molecule has 0 aliphatic rings. The number of primary amides is 1. The number of hydrogen-bond acceptors (Lipinski definition) is 15. The molecular weight excluding hydrogens is 881 g/mol. The highest BCUT2D eigenvalue weighted by atomic mass is 32.2. The molecule has 0 saturated carbocycles. The summed E-state index contributed by atoms with van der Waals surface area (Å²) in [6.45, 7) is 9.22. The average Bonchev–Trinajstić information content (AvgIpc) is 3.20. The summed E-state index contributed by atoms with van der Waals surface area (Å²) < 4.78 is 0. The minimum atomic E-state index is -1.76. The Kier molecular flexibility index (Phi) is 27.2. The van der Waals surface area contributed by atoms with Gasteiger partial charge in [-0.3, -0.25) is 47.9 Å². The van der Waals surface area contributed by atoms with Crippen molar-refractivity contribution in [1.29, 1.82) is 0 Å². The molecule has 0 fully saturated rings. The van der Waals surface area contributed by atoms with Crippen molar-refractivity contribution in [2.24, 2.45) is 23.3 Å². The molecule has 0 bridgehead atoms. The highest BCUT2D eigenvalue weighted by Gasteiger charge is 2.36. The molecule has 0 aromatic carbocycles. The van der Waals surface area contributed by atoms with Crippen LogP contribution in [0, 0.1) is 11.8 Å². The Morgan fingerprint density at radius 1 is 0.538 bits per heavy atom. The fourth-order valence-corrected chi connectivity index (χ4v) is 6.18. The van der Waals surface area contributed by atoms with Gasteiger partial charge in [-0.25, -0.2) is 4.79 Å². The molecule has 370 valence electrons. The number of rotatable bonds is 31. The van der Waals surface area contributed by atoms with Gasteiger partial charge in [0.15, 0.2) is 0 Å². The molecule has 65 heavy (non-hydrogen) atoms. The van der Waals surface area contributed by atoms with Crippen molar-refractivity contribution in [3.63, 3.8) is 0 Å². The molecule has 9 amide bonds. The Labute approximate surface area is 381 Å². The number of nitrogens with one attached hydrogen (secondary N) is 8. The Morgan fingerprint density at radius 2 is 0.969 bits per heavy atom. The summed E-state index contributed by atoms with van der Waals surface area (Å²) >= 11 is 1.29. The van der Waals surface area contributed by atoms with Gasteiger partial charge in [-0.2, -0.15) is 11.8 Å². The van der Waals surface area contributed by atoms with Gasteiger partial charge < -0.3 is 74.4 Å². The third-order valence-corrected chi connectivity index (χ3v) is 10.1. The van der Waals surface area contributed by atoms with E-state index >= 15 is 0 Å². The number of thioether (sulfide) groups is 1. The third-order valence-electron chi connectivity index (χ3n) is 9.45. The zero-order valence-corrected chi connectivity index (χ0v) is 38.7. The number of aliphatic carboxylic acids is 2. The van der Waals surface area contributed by atoms with Crippen LogP contribution in [-0.2, 0) is 52.7 Å². The summed E-state index contributed by atoms with van der Waals surface area (Å²) in [5.74, 6) is -11.8. The number of carbonyl (C=O) groups is 11. The van der Waals surface area contributed by atoms with Crippen molar-refractivity contribution in [2.75, 3.05) is 18.6 Å². The molecule has 16 N–H and O–H groups in total. The number of hydrogen-bond donors (Lipinski definition) is 14. The largest absolute Gasteiger partial charge is 0.481 e. The van der Waals surface area contributed by atoms with E-state index in [1.807, 2.05) is 0 Å². The van der Waals surface area contributed by atoms with Crippen molar-refractivity contribution in [3.05, 3.63) is 0 Å². The molecule has 0 aromatic rings. The van der Waals surface area contributed by atoms with Gasteiger partial charge in [0, 0.05) is 12.8 Å². The van der Waals surface area contributed by atoms with Crippen molar-refractivity contribution >= 4 is 76.9 Å². The quantitative estimate of drug-likeness (QED) is 0.0310. The van der Waals surface area contributed by atoms with Crippen molar-refractivity contribution in [2.45, 2.75) is 147 Å². The van der Waals surface area contributed by atoms with Gasteiger partial charge in [0.2, 0.25) is 53.2 Å². The van der Waals surface area contributed by atoms with Gasteiger partial charge >= 0.3 is 11.9 Å². The summed E-state index contributed by atoms with van der Waals surface area (Å²) in [6, 6.07) is -13.0. The lowest BCUT2D eigenvalue weighted by molar-refractivity contribution is -0.143. The first-order chi connectivity index (χ1) is 30.2. The Balaban J connectivity index is 6.18. The highest BCUT2D eigenvalue weighted by Crippen LogP contribution is 2.10. The highest BCUT2D eigenvalue weighted by molar-refractivity contribution is 7.98. The van der Waals surface area contributed by atoms with E-state index in [2.05, 4.69) is 42.5 Å². The second-order valence-electron chi connectivity index (χ2n) is 16.2. The van der Waals surface area contributed by atoms with E-state index < -0.39 is 157 Å². The molecule has 0 radical (unpaired) electrons. The van der Waals surface area contributed by atoms with Crippen molar-refractivity contribution in [3.8, 4) is 0 Å². The number of carboxylic acids is 2. The molecule has 10 unspecified atom stereocenters. The van der Waals surface area contributed by atoms with E-state index in [9.17, 15) is 68.1 Å². The molecule has 0 rings (SSSR count). The van der Waals surface area contributed by atoms with Crippen LogP contribution in [0.3, 0.4) is 0 Å². The summed E-state index contributed by atoms with van der Waals surface area (Å²) in [5, 5.41) is 57.9. The van der Waals surface area contributed by atoms with Crippen molar-refractivity contribution in [1.82, 2.24) is 42.5 Å². The Bertz CT molecular complexity index is 1680. The second-order valence-corrected chi connectivity index (χ2v) is 17.1. The smallest absolute Gasteiger partial charge is 0.326 e. The number of aliphatic hydroxyl groups excluding tert-OH is 2. The van der Waals surface area contributed by atoms with Crippen LogP contribution in [0.25, 0.3) is 0 Å².